The smallest absolute Gasteiger partial charge is 0.302 e. The van der Waals surface area contributed by atoms with Gasteiger partial charge in [0.1, 0.15) is 11.9 Å². The number of ether oxygens (including phenoxy) is 1. The molecule has 208 valence electrons. The molecule has 0 amide bonds. The van der Waals surface area contributed by atoms with Crippen LogP contribution in [0.3, 0.4) is 0 Å². The molecular weight excluding hydrogens is 474 g/mol. The molecule has 8 unspecified atom stereocenters. The summed E-state index contributed by atoms with van der Waals surface area (Å²) in [5.74, 6) is 0.434. The molecule has 0 radical (unpaired) electrons. The summed E-state index contributed by atoms with van der Waals surface area (Å²) in [6.45, 7) is 17.6. The minimum absolute atomic E-state index is 0.0466. The summed E-state index contributed by atoms with van der Waals surface area (Å²) >= 11 is 0. The zero-order chi connectivity index (χ0) is 28.1. The van der Waals surface area contributed by atoms with Crippen molar-refractivity contribution in [2.45, 2.75) is 107 Å². The Morgan fingerprint density at radius 3 is 2.26 bits per heavy atom. The zero-order valence-electron chi connectivity index (χ0n) is 24.8. The van der Waals surface area contributed by atoms with Crippen molar-refractivity contribution in [2.75, 3.05) is 6.61 Å². The number of ketones is 2. The zero-order valence-corrected chi connectivity index (χ0v) is 24.8. The van der Waals surface area contributed by atoms with Gasteiger partial charge in [-0.05, 0) is 84.4 Å². The Bertz CT molecular complexity index is 1160. The predicted octanol–water partition coefficient (Wildman–Crippen LogP) is 6.85. The van der Waals surface area contributed by atoms with Crippen LogP contribution in [0.25, 0.3) is 0 Å². The number of esters is 1. The normalized spacial score (nSPS) is 46.9. The lowest BCUT2D eigenvalue weighted by Crippen LogP contribution is -2.69. The highest BCUT2D eigenvalue weighted by Gasteiger charge is 2.72. The first-order valence-electron chi connectivity index (χ1n) is 14.8. The van der Waals surface area contributed by atoms with E-state index in [0.717, 1.165) is 44.9 Å². The molecule has 0 aromatic rings. The molecule has 5 aliphatic rings. The highest BCUT2D eigenvalue weighted by atomic mass is 16.5. The Morgan fingerprint density at radius 1 is 0.974 bits per heavy atom. The first-order valence-corrected chi connectivity index (χ1v) is 14.8. The number of Topliss-reactive ketones (excluding diaryl/α,β-unsaturated/α-hetero) is 2. The summed E-state index contributed by atoms with van der Waals surface area (Å²) in [5.41, 5.74) is -0.950. The monoisotopic (exact) mass is 521 g/mol. The van der Waals surface area contributed by atoms with Gasteiger partial charge in [-0.1, -0.05) is 54.5 Å². The van der Waals surface area contributed by atoms with Crippen molar-refractivity contribution in [3.05, 3.63) is 11.6 Å². The summed E-state index contributed by atoms with van der Waals surface area (Å²) in [7, 11) is 0. The van der Waals surface area contributed by atoms with Crippen molar-refractivity contribution >= 4 is 17.5 Å². The van der Waals surface area contributed by atoms with E-state index in [2.05, 4.69) is 40.7 Å². The SMILES string of the molecule is CC(=O)OCC12CCC(C)(C)CC1C1C(=O)CC3C4(C)C=C(C#N)C(=O)C(C)(C)C4CCC3(C)C1(C)CC2. The molecule has 0 N–H and O–H groups in total. The molecule has 0 heterocycles. The lowest BCUT2D eigenvalue weighted by molar-refractivity contribution is -0.227. The molecule has 0 aromatic heterocycles. The van der Waals surface area contributed by atoms with Crippen molar-refractivity contribution in [2.24, 2.45) is 56.2 Å². The molecule has 5 heteroatoms. The summed E-state index contributed by atoms with van der Waals surface area (Å²) in [6.07, 6.45) is 9.42. The molecule has 5 aliphatic carbocycles. The molecular formula is C33H47NO4. The predicted molar refractivity (Wildman–Crippen MR) is 146 cm³/mol. The Hall–Kier alpha value is -1.96. The van der Waals surface area contributed by atoms with Gasteiger partial charge in [0.05, 0.1) is 12.2 Å². The molecule has 8 atom stereocenters. The van der Waals surface area contributed by atoms with E-state index in [0.29, 0.717) is 18.8 Å². The third-order valence-corrected chi connectivity index (χ3v) is 13.2. The molecule has 5 nitrogen and oxygen atoms in total. The van der Waals surface area contributed by atoms with Gasteiger partial charge in [0.2, 0.25) is 0 Å². The Kier molecular flexibility index (Phi) is 6.01. The van der Waals surface area contributed by atoms with Gasteiger partial charge < -0.3 is 4.74 Å². The number of hydrogen-bond donors (Lipinski definition) is 0. The van der Waals surface area contributed by atoms with Gasteiger partial charge in [-0.3, -0.25) is 14.4 Å². The summed E-state index contributed by atoms with van der Waals surface area (Å²) in [4.78, 5) is 39.6. The van der Waals surface area contributed by atoms with Gasteiger partial charge in [0.25, 0.3) is 0 Å². The maximum atomic E-state index is 14.5. The first kappa shape index (κ1) is 27.6. The molecule has 38 heavy (non-hydrogen) atoms. The van der Waals surface area contributed by atoms with Crippen molar-refractivity contribution in [1.29, 1.82) is 5.26 Å². The van der Waals surface area contributed by atoms with E-state index in [1.807, 2.05) is 19.9 Å². The van der Waals surface area contributed by atoms with E-state index >= 15 is 0 Å². The van der Waals surface area contributed by atoms with Gasteiger partial charge in [-0.15, -0.1) is 0 Å². The fourth-order valence-corrected chi connectivity index (χ4v) is 10.9. The van der Waals surface area contributed by atoms with Crippen LogP contribution in [-0.4, -0.2) is 24.1 Å². The fraction of sp³-hybridized carbons (Fsp3) is 0.818. The highest BCUT2D eigenvalue weighted by molar-refractivity contribution is 6.04. The van der Waals surface area contributed by atoms with E-state index in [4.69, 9.17) is 4.74 Å². The van der Waals surface area contributed by atoms with Crippen molar-refractivity contribution in [1.82, 2.24) is 0 Å². The molecule has 0 spiro atoms. The minimum Gasteiger partial charge on any atom is -0.465 e. The number of allylic oxidation sites excluding steroid dienone is 2. The number of hydrogen-bond acceptors (Lipinski definition) is 5. The number of fused-ring (bicyclic) bond motifs is 7. The van der Waals surface area contributed by atoms with E-state index in [9.17, 15) is 19.6 Å². The van der Waals surface area contributed by atoms with Crippen LogP contribution < -0.4 is 0 Å². The number of carbonyl (C=O) groups excluding carboxylic acids is 3. The number of carbonyl (C=O) groups is 3. The second kappa shape index (κ2) is 8.28. The van der Waals surface area contributed by atoms with Crippen LogP contribution in [0.15, 0.2) is 11.6 Å². The van der Waals surface area contributed by atoms with Crippen molar-refractivity contribution < 1.29 is 19.1 Å². The second-order valence-electron chi connectivity index (χ2n) is 15.8. The minimum atomic E-state index is -0.615. The van der Waals surface area contributed by atoms with Gasteiger partial charge in [0, 0.05) is 30.1 Å². The summed E-state index contributed by atoms with van der Waals surface area (Å²) < 4.78 is 5.71. The van der Waals surface area contributed by atoms with E-state index in [1.165, 1.54) is 6.92 Å². The maximum absolute atomic E-state index is 14.5. The standard InChI is InChI=1S/C33H47NO4/c1-20(35)38-19-33-13-11-28(2,3)17-22(33)26-23(36)15-25-30(6)16-21(18-34)27(37)29(4,5)24(30)9-10-31(25,7)32(26,8)12-14-33/h16,22,24-26H,9-15,17,19H2,1-8H3. The molecule has 0 saturated heterocycles. The van der Waals surface area contributed by atoms with Crippen LogP contribution in [0, 0.1) is 67.5 Å². The molecule has 4 saturated carbocycles. The van der Waals surface area contributed by atoms with Crippen LogP contribution in [-0.2, 0) is 19.1 Å². The van der Waals surface area contributed by atoms with Crippen LogP contribution in [0.2, 0.25) is 0 Å². The number of nitrogens with zero attached hydrogens (tertiary/aromatic N) is 1. The van der Waals surface area contributed by atoms with Gasteiger partial charge in [-0.2, -0.15) is 5.26 Å². The van der Waals surface area contributed by atoms with Crippen LogP contribution in [0.1, 0.15) is 107 Å². The third-order valence-electron chi connectivity index (χ3n) is 13.2. The topological polar surface area (TPSA) is 84.2 Å². The van der Waals surface area contributed by atoms with E-state index < -0.39 is 5.41 Å². The third kappa shape index (κ3) is 3.50. The van der Waals surface area contributed by atoms with Crippen LogP contribution >= 0.6 is 0 Å². The van der Waals surface area contributed by atoms with E-state index in [-0.39, 0.29) is 68.1 Å². The Morgan fingerprint density at radius 2 is 1.63 bits per heavy atom. The lowest BCUT2D eigenvalue weighted by atomic mass is 9.31. The quantitative estimate of drug-likeness (QED) is 0.371. The lowest BCUT2D eigenvalue weighted by Gasteiger charge is -2.72. The second-order valence-corrected chi connectivity index (χ2v) is 15.8. The summed E-state index contributed by atoms with van der Waals surface area (Å²) in [6, 6.07) is 2.21. The average Bonchev–Trinajstić information content (AvgIpc) is 2.82. The molecule has 0 bridgehead atoms. The maximum Gasteiger partial charge on any atom is 0.302 e. The molecule has 0 aliphatic heterocycles. The fourth-order valence-electron chi connectivity index (χ4n) is 10.9. The van der Waals surface area contributed by atoms with E-state index in [1.54, 1.807) is 0 Å². The summed E-state index contributed by atoms with van der Waals surface area (Å²) in [5, 5.41) is 9.90. The van der Waals surface area contributed by atoms with Gasteiger partial charge in [0.15, 0.2) is 5.78 Å². The van der Waals surface area contributed by atoms with Crippen LogP contribution in [0.5, 0.6) is 0 Å². The first-order chi connectivity index (χ1) is 17.5. The largest absolute Gasteiger partial charge is 0.465 e. The number of nitriles is 1. The average molecular weight is 522 g/mol. The molecule has 5 rings (SSSR count). The highest BCUT2D eigenvalue weighted by Crippen LogP contribution is 2.75. The Labute approximate surface area is 229 Å². The van der Waals surface area contributed by atoms with Crippen LogP contribution in [0.4, 0.5) is 0 Å². The Balaban J connectivity index is 1.61. The molecule has 0 aromatic carbocycles. The van der Waals surface area contributed by atoms with Gasteiger partial charge in [-0.25, -0.2) is 0 Å². The van der Waals surface area contributed by atoms with Crippen molar-refractivity contribution in [3.8, 4) is 6.07 Å². The van der Waals surface area contributed by atoms with Crippen molar-refractivity contribution in [3.63, 3.8) is 0 Å². The van der Waals surface area contributed by atoms with Gasteiger partial charge >= 0.3 is 5.97 Å². The number of rotatable bonds is 2. The molecule has 4 fully saturated rings.